The van der Waals surface area contributed by atoms with E-state index in [2.05, 4.69) is 4.99 Å². The van der Waals surface area contributed by atoms with Crippen LogP contribution < -0.4 is 4.90 Å². The summed E-state index contributed by atoms with van der Waals surface area (Å²) in [4.78, 5) is 29.8. The molecular weight excluding hydrogens is 346 g/mol. The molecule has 3 aromatic rings. The van der Waals surface area contributed by atoms with Crippen LogP contribution in [-0.4, -0.2) is 16.5 Å². The number of anilines is 1. The number of carbonyl (C=O) groups excluding carboxylic acids is 1. The Morgan fingerprint density at radius 1 is 1.11 bits per heavy atom. The first-order valence-corrected chi connectivity index (χ1v) is 8.36. The van der Waals surface area contributed by atoms with Gasteiger partial charge in [0.2, 0.25) is 5.91 Å². The van der Waals surface area contributed by atoms with Crippen molar-refractivity contribution in [1.82, 2.24) is 0 Å². The molecule has 2 aromatic carbocycles. The second-order valence-corrected chi connectivity index (χ2v) is 6.11. The molecule has 2 heterocycles. The highest BCUT2D eigenvalue weighted by Crippen LogP contribution is 2.36. The van der Waals surface area contributed by atoms with Gasteiger partial charge in [0.1, 0.15) is 5.76 Å². The monoisotopic (exact) mass is 361 g/mol. The standard InChI is InChI=1S/C20H15N3O4/c24-20-12-17(19-7-4-10-27-19)21-16-11-15(23(25)26)8-9-18(16)22(20)13-14-5-2-1-3-6-14/h1-11H,12-13H2. The molecule has 134 valence electrons. The van der Waals surface area contributed by atoms with E-state index < -0.39 is 4.92 Å². The lowest BCUT2D eigenvalue weighted by Gasteiger charge is -2.22. The maximum absolute atomic E-state index is 13.0. The molecule has 27 heavy (non-hydrogen) atoms. The molecule has 0 spiro atoms. The van der Waals surface area contributed by atoms with E-state index in [1.165, 1.54) is 18.4 Å². The summed E-state index contributed by atoms with van der Waals surface area (Å²) >= 11 is 0. The van der Waals surface area contributed by atoms with E-state index in [0.29, 0.717) is 29.4 Å². The number of rotatable bonds is 4. The molecule has 0 radical (unpaired) electrons. The molecule has 0 N–H and O–H groups in total. The van der Waals surface area contributed by atoms with E-state index in [1.54, 1.807) is 23.1 Å². The number of furan rings is 1. The molecule has 1 aliphatic heterocycles. The maximum atomic E-state index is 13.0. The smallest absolute Gasteiger partial charge is 0.271 e. The van der Waals surface area contributed by atoms with Gasteiger partial charge in [0.05, 0.1) is 41.2 Å². The SMILES string of the molecule is O=C1CC(c2ccco2)=Nc2cc([N+](=O)[O-])ccc2N1Cc1ccccc1. The van der Waals surface area contributed by atoms with Crippen molar-refractivity contribution in [2.24, 2.45) is 4.99 Å². The second-order valence-electron chi connectivity index (χ2n) is 6.11. The highest BCUT2D eigenvalue weighted by Gasteiger charge is 2.27. The number of hydrogen-bond donors (Lipinski definition) is 0. The number of hydrogen-bond acceptors (Lipinski definition) is 5. The van der Waals surface area contributed by atoms with Crippen LogP contribution >= 0.6 is 0 Å². The Morgan fingerprint density at radius 3 is 2.63 bits per heavy atom. The summed E-state index contributed by atoms with van der Waals surface area (Å²) in [6.45, 7) is 0.353. The molecule has 1 amide bonds. The van der Waals surface area contributed by atoms with Gasteiger partial charge in [-0.15, -0.1) is 0 Å². The number of fused-ring (bicyclic) bond motifs is 1. The van der Waals surface area contributed by atoms with Crippen molar-refractivity contribution < 1.29 is 14.1 Å². The summed E-state index contributed by atoms with van der Waals surface area (Å²) in [5.74, 6) is 0.323. The molecule has 0 saturated carbocycles. The van der Waals surface area contributed by atoms with Gasteiger partial charge in [0.15, 0.2) is 0 Å². The Hall–Kier alpha value is -3.74. The first-order valence-electron chi connectivity index (χ1n) is 8.36. The predicted octanol–water partition coefficient (Wildman–Crippen LogP) is 4.25. The first-order chi connectivity index (χ1) is 13.1. The second kappa shape index (κ2) is 6.87. The molecule has 0 atom stereocenters. The quantitative estimate of drug-likeness (QED) is 0.513. The fourth-order valence-corrected chi connectivity index (χ4v) is 3.03. The third-order valence-corrected chi connectivity index (χ3v) is 4.32. The van der Waals surface area contributed by atoms with E-state index in [1.807, 2.05) is 30.3 Å². The van der Waals surface area contributed by atoms with Gasteiger partial charge >= 0.3 is 0 Å². The van der Waals surface area contributed by atoms with Crippen molar-refractivity contribution in [2.45, 2.75) is 13.0 Å². The van der Waals surface area contributed by atoms with Crippen LogP contribution in [0.25, 0.3) is 0 Å². The zero-order chi connectivity index (χ0) is 18.8. The average Bonchev–Trinajstić information content (AvgIpc) is 3.17. The fraction of sp³-hybridized carbons (Fsp3) is 0.100. The van der Waals surface area contributed by atoms with Crippen LogP contribution in [0.1, 0.15) is 17.7 Å². The lowest BCUT2D eigenvalue weighted by molar-refractivity contribution is -0.384. The first kappa shape index (κ1) is 16.7. The van der Waals surface area contributed by atoms with Gasteiger partial charge in [-0.2, -0.15) is 0 Å². The molecule has 0 bridgehead atoms. The summed E-state index contributed by atoms with van der Waals surface area (Å²) in [7, 11) is 0. The minimum atomic E-state index is -0.476. The molecular formula is C20H15N3O4. The zero-order valence-corrected chi connectivity index (χ0v) is 14.2. The molecule has 1 aromatic heterocycles. The van der Waals surface area contributed by atoms with Crippen LogP contribution in [-0.2, 0) is 11.3 Å². The Balaban J connectivity index is 1.81. The summed E-state index contributed by atoms with van der Waals surface area (Å²) < 4.78 is 5.39. The summed E-state index contributed by atoms with van der Waals surface area (Å²) in [6.07, 6.45) is 1.55. The number of nitro benzene ring substituents is 1. The summed E-state index contributed by atoms with van der Waals surface area (Å²) in [5, 5.41) is 11.2. The van der Waals surface area contributed by atoms with Crippen molar-refractivity contribution >= 4 is 28.7 Å². The molecule has 0 saturated heterocycles. The number of nitrogens with zero attached hydrogens (tertiary/aromatic N) is 3. The highest BCUT2D eigenvalue weighted by molar-refractivity contribution is 6.16. The normalized spacial score (nSPS) is 13.7. The van der Waals surface area contributed by atoms with Crippen LogP contribution in [0.4, 0.5) is 17.1 Å². The number of aliphatic imine (C=N–C) groups is 1. The average molecular weight is 361 g/mol. The van der Waals surface area contributed by atoms with Gasteiger partial charge in [-0.3, -0.25) is 14.9 Å². The van der Waals surface area contributed by atoms with Crippen molar-refractivity contribution in [2.75, 3.05) is 4.90 Å². The fourth-order valence-electron chi connectivity index (χ4n) is 3.03. The lowest BCUT2D eigenvalue weighted by atomic mass is 10.1. The van der Waals surface area contributed by atoms with Crippen molar-refractivity contribution in [3.63, 3.8) is 0 Å². The molecule has 0 unspecified atom stereocenters. The molecule has 0 fully saturated rings. The summed E-state index contributed by atoms with van der Waals surface area (Å²) in [5.41, 5.74) is 2.23. The van der Waals surface area contributed by atoms with Gasteiger partial charge in [-0.25, -0.2) is 4.99 Å². The molecule has 1 aliphatic rings. The lowest BCUT2D eigenvalue weighted by Crippen LogP contribution is -2.31. The van der Waals surface area contributed by atoms with E-state index in [4.69, 9.17) is 4.42 Å². The van der Waals surface area contributed by atoms with E-state index in [9.17, 15) is 14.9 Å². The predicted molar refractivity (Wildman–Crippen MR) is 100 cm³/mol. The Morgan fingerprint density at radius 2 is 1.93 bits per heavy atom. The third-order valence-electron chi connectivity index (χ3n) is 4.32. The van der Waals surface area contributed by atoms with E-state index >= 15 is 0 Å². The van der Waals surface area contributed by atoms with Gasteiger partial charge in [-0.1, -0.05) is 30.3 Å². The van der Waals surface area contributed by atoms with Crippen molar-refractivity contribution in [1.29, 1.82) is 0 Å². The Bertz CT molecular complexity index is 1030. The third kappa shape index (κ3) is 3.35. The summed E-state index contributed by atoms with van der Waals surface area (Å²) in [6, 6.07) is 17.3. The maximum Gasteiger partial charge on any atom is 0.271 e. The van der Waals surface area contributed by atoms with E-state index in [-0.39, 0.29) is 18.0 Å². The van der Waals surface area contributed by atoms with Gasteiger partial charge in [0.25, 0.3) is 5.69 Å². The number of nitro groups is 1. The van der Waals surface area contributed by atoms with Gasteiger partial charge in [0, 0.05) is 12.1 Å². The number of amides is 1. The zero-order valence-electron chi connectivity index (χ0n) is 14.2. The molecule has 4 rings (SSSR count). The van der Waals surface area contributed by atoms with Crippen molar-refractivity contribution in [3.8, 4) is 0 Å². The van der Waals surface area contributed by atoms with Gasteiger partial charge in [-0.05, 0) is 23.8 Å². The highest BCUT2D eigenvalue weighted by atomic mass is 16.6. The van der Waals surface area contributed by atoms with Crippen LogP contribution in [0.5, 0.6) is 0 Å². The van der Waals surface area contributed by atoms with Crippen LogP contribution in [0, 0.1) is 10.1 Å². The molecule has 0 aliphatic carbocycles. The van der Waals surface area contributed by atoms with E-state index in [0.717, 1.165) is 5.56 Å². The van der Waals surface area contributed by atoms with Crippen molar-refractivity contribution in [3.05, 3.63) is 88.4 Å². The number of carbonyl (C=O) groups is 1. The van der Waals surface area contributed by atoms with Gasteiger partial charge < -0.3 is 9.32 Å². The van der Waals surface area contributed by atoms with Crippen LogP contribution in [0.3, 0.4) is 0 Å². The Labute approximate surface area is 154 Å². The molecule has 7 heteroatoms. The largest absolute Gasteiger partial charge is 0.463 e. The topological polar surface area (TPSA) is 88.9 Å². The Kier molecular flexibility index (Phi) is 4.25. The minimum absolute atomic E-state index is 0.0445. The molecule has 7 nitrogen and oxygen atoms in total. The minimum Gasteiger partial charge on any atom is -0.463 e. The van der Waals surface area contributed by atoms with Crippen LogP contribution in [0.15, 0.2) is 76.3 Å². The van der Waals surface area contributed by atoms with Crippen LogP contribution in [0.2, 0.25) is 0 Å². The number of non-ortho nitro benzene ring substituents is 1. The number of benzene rings is 2.